The first-order chi connectivity index (χ1) is 15.6. The van der Waals surface area contributed by atoms with Crippen LogP contribution in [0.25, 0.3) is 5.69 Å². The van der Waals surface area contributed by atoms with E-state index in [9.17, 15) is 14.9 Å². The van der Waals surface area contributed by atoms with Gasteiger partial charge in [0.1, 0.15) is 11.4 Å². The van der Waals surface area contributed by atoms with Crippen molar-refractivity contribution in [1.82, 2.24) is 14.5 Å². The van der Waals surface area contributed by atoms with Gasteiger partial charge in [-0.15, -0.1) is 11.3 Å². The molecule has 0 N–H and O–H groups in total. The lowest BCUT2D eigenvalue weighted by molar-refractivity contribution is -0.384. The molecule has 0 radical (unpaired) electrons. The summed E-state index contributed by atoms with van der Waals surface area (Å²) in [4.78, 5) is 31.4. The van der Waals surface area contributed by atoms with E-state index >= 15 is 0 Å². The zero-order valence-electron chi connectivity index (χ0n) is 17.2. The highest BCUT2D eigenvalue weighted by atomic mass is 32.1. The highest BCUT2D eigenvalue weighted by Gasteiger charge is 2.23. The van der Waals surface area contributed by atoms with Crippen LogP contribution in [0.2, 0.25) is 0 Å². The van der Waals surface area contributed by atoms with Crippen LogP contribution in [0, 0.1) is 10.1 Å². The average molecular weight is 449 g/mol. The van der Waals surface area contributed by atoms with Crippen LogP contribution in [0.5, 0.6) is 5.75 Å². The second-order valence-corrected chi connectivity index (χ2v) is 8.02. The zero-order valence-corrected chi connectivity index (χ0v) is 18.1. The zero-order chi connectivity index (χ0) is 22.5. The number of hydrogen-bond acceptors (Lipinski definition) is 6. The van der Waals surface area contributed by atoms with Crippen molar-refractivity contribution in [2.75, 3.05) is 7.11 Å². The predicted octanol–water partition coefficient (Wildman–Crippen LogP) is 4.69. The van der Waals surface area contributed by atoms with Gasteiger partial charge in [-0.25, -0.2) is 4.98 Å². The second kappa shape index (κ2) is 9.44. The molecule has 0 aliphatic heterocycles. The van der Waals surface area contributed by atoms with Gasteiger partial charge in [-0.2, -0.15) is 0 Å². The number of imidazole rings is 1. The number of thiophene rings is 1. The molecule has 1 amide bonds. The second-order valence-electron chi connectivity index (χ2n) is 6.98. The van der Waals surface area contributed by atoms with E-state index < -0.39 is 4.92 Å². The summed E-state index contributed by atoms with van der Waals surface area (Å²) in [6, 6.07) is 15.9. The van der Waals surface area contributed by atoms with Crippen molar-refractivity contribution >= 4 is 22.9 Å². The van der Waals surface area contributed by atoms with Crippen molar-refractivity contribution in [3.8, 4) is 11.4 Å². The summed E-state index contributed by atoms with van der Waals surface area (Å²) in [6.45, 7) is 0.684. The number of nitro groups is 1. The fraction of sp³-hybridized carbons (Fsp3) is 0.130. The van der Waals surface area contributed by atoms with Crippen LogP contribution in [0.15, 0.2) is 78.7 Å². The van der Waals surface area contributed by atoms with E-state index in [1.807, 2.05) is 41.8 Å². The van der Waals surface area contributed by atoms with Crippen LogP contribution in [0.1, 0.15) is 20.8 Å². The lowest BCUT2D eigenvalue weighted by atomic mass is 10.1. The Morgan fingerprint density at radius 3 is 2.72 bits per heavy atom. The molecule has 0 saturated carbocycles. The van der Waals surface area contributed by atoms with E-state index in [1.54, 1.807) is 52.4 Å². The summed E-state index contributed by atoms with van der Waals surface area (Å²) in [7, 11) is 1.59. The van der Waals surface area contributed by atoms with Gasteiger partial charge in [0.2, 0.25) is 0 Å². The Kier molecular flexibility index (Phi) is 6.27. The van der Waals surface area contributed by atoms with Crippen molar-refractivity contribution in [3.05, 3.63) is 105 Å². The molecule has 0 aliphatic carbocycles. The molecule has 32 heavy (non-hydrogen) atoms. The van der Waals surface area contributed by atoms with Crippen molar-refractivity contribution < 1.29 is 14.5 Å². The Morgan fingerprint density at radius 1 is 1.19 bits per heavy atom. The van der Waals surface area contributed by atoms with Crippen LogP contribution >= 0.6 is 11.3 Å². The number of methoxy groups -OCH3 is 1. The Bertz CT molecular complexity index is 1220. The van der Waals surface area contributed by atoms with Crippen molar-refractivity contribution in [2.24, 2.45) is 0 Å². The van der Waals surface area contributed by atoms with Gasteiger partial charge >= 0.3 is 0 Å². The van der Waals surface area contributed by atoms with E-state index in [-0.39, 0.29) is 17.2 Å². The Hall–Kier alpha value is -3.98. The predicted molar refractivity (Wildman–Crippen MR) is 121 cm³/mol. The lowest BCUT2D eigenvalue weighted by Crippen LogP contribution is -2.30. The van der Waals surface area contributed by atoms with Gasteiger partial charge in [0.15, 0.2) is 0 Å². The minimum absolute atomic E-state index is 0.165. The summed E-state index contributed by atoms with van der Waals surface area (Å²) in [6.07, 6.45) is 4.64. The maximum atomic E-state index is 13.5. The molecular formula is C23H20N4O4S. The van der Waals surface area contributed by atoms with Gasteiger partial charge < -0.3 is 14.2 Å². The number of hydrogen-bond donors (Lipinski definition) is 0. The third-order valence-corrected chi connectivity index (χ3v) is 5.83. The summed E-state index contributed by atoms with van der Waals surface area (Å²) in [5.74, 6) is 0.377. The van der Waals surface area contributed by atoms with E-state index in [2.05, 4.69) is 4.98 Å². The van der Waals surface area contributed by atoms with Crippen LogP contribution < -0.4 is 4.74 Å². The van der Waals surface area contributed by atoms with Crippen molar-refractivity contribution in [2.45, 2.75) is 13.1 Å². The van der Waals surface area contributed by atoms with E-state index in [1.165, 1.54) is 12.4 Å². The van der Waals surface area contributed by atoms with Crippen LogP contribution in [0.4, 0.5) is 5.69 Å². The molecule has 2 aromatic carbocycles. The lowest BCUT2D eigenvalue weighted by Gasteiger charge is -2.23. The molecule has 9 heteroatoms. The number of aromatic nitrogens is 2. The summed E-state index contributed by atoms with van der Waals surface area (Å²) >= 11 is 1.55. The Labute approximate surface area is 188 Å². The summed E-state index contributed by atoms with van der Waals surface area (Å²) in [5, 5.41) is 13.7. The molecule has 0 spiro atoms. The van der Waals surface area contributed by atoms with Gasteiger partial charge in [0.25, 0.3) is 11.6 Å². The number of carbonyl (C=O) groups excluding carboxylic acids is 1. The quantitative estimate of drug-likeness (QED) is 0.288. The minimum atomic E-state index is -0.490. The van der Waals surface area contributed by atoms with E-state index in [4.69, 9.17) is 4.74 Å². The number of amides is 1. The number of nitro benzene ring substituents is 1. The van der Waals surface area contributed by atoms with Gasteiger partial charge in [-0.3, -0.25) is 14.9 Å². The first-order valence-corrected chi connectivity index (χ1v) is 10.6. The average Bonchev–Trinajstić information content (AvgIpc) is 3.52. The molecule has 2 heterocycles. The number of para-hydroxylation sites is 1. The topological polar surface area (TPSA) is 90.5 Å². The van der Waals surface area contributed by atoms with Crippen LogP contribution in [-0.2, 0) is 13.1 Å². The van der Waals surface area contributed by atoms with Gasteiger partial charge in [-0.1, -0.05) is 24.3 Å². The maximum Gasteiger partial charge on any atom is 0.294 e. The van der Waals surface area contributed by atoms with Gasteiger partial charge in [0.05, 0.1) is 31.4 Å². The number of rotatable bonds is 8. The number of ether oxygens (including phenoxy) is 1. The highest BCUT2D eigenvalue weighted by Crippen LogP contribution is 2.27. The molecular weight excluding hydrogens is 428 g/mol. The molecule has 0 saturated heterocycles. The molecule has 8 nitrogen and oxygen atoms in total. The normalized spacial score (nSPS) is 10.7. The molecule has 162 valence electrons. The molecule has 0 atom stereocenters. The maximum absolute atomic E-state index is 13.5. The third-order valence-electron chi connectivity index (χ3n) is 4.97. The van der Waals surface area contributed by atoms with Crippen molar-refractivity contribution in [3.63, 3.8) is 0 Å². The standard InChI is InChI=1S/C23H20N4O4S/c1-31-22-7-3-2-5-18(22)14-26(15-19-6-4-12-32-19)23(28)17-8-9-20(21(13-17)27(29)30)25-11-10-24-16-25/h2-13,16H,14-15H2,1H3. The first-order valence-electron chi connectivity index (χ1n) is 9.77. The molecule has 2 aromatic heterocycles. The van der Waals surface area contributed by atoms with Crippen LogP contribution in [0.3, 0.4) is 0 Å². The van der Waals surface area contributed by atoms with Crippen molar-refractivity contribution in [1.29, 1.82) is 0 Å². The van der Waals surface area contributed by atoms with Gasteiger partial charge in [-0.05, 0) is 29.6 Å². The Morgan fingerprint density at radius 2 is 2.03 bits per heavy atom. The molecule has 4 rings (SSSR count). The van der Waals surface area contributed by atoms with Gasteiger partial charge in [0, 0.05) is 34.5 Å². The fourth-order valence-corrected chi connectivity index (χ4v) is 4.15. The van der Waals surface area contributed by atoms with E-state index in [0.717, 1.165) is 10.4 Å². The third kappa shape index (κ3) is 4.52. The minimum Gasteiger partial charge on any atom is -0.496 e. The number of benzene rings is 2. The number of carbonyl (C=O) groups is 1. The first kappa shape index (κ1) is 21.3. The number of nitrogens with zero attached hydrogens (tertiary/aromatic N) is 4. The van der Waals surface area contributed by atoms with Crippen LogP contribution in [-0.4, -0.2) is 32.4 Å². The molecule has 4 aromatic rings. The SMILES string of the molecule is COc1ccccc1CN(Cc1cccs1)C(=O)c1ccc(-n2ccnc2)c([N+](=O)[O-])c1. The summed E-state index contributed by atoms with van der Waals surface area (Å²) < 4.78 is 6.99. The largest absolute Gasteiger partial charge is 0.496 e. The smallest absolute Gasteiger partial charge is 0.294 e. The Balaban J connectivity index is 1.70. The monoisotopic (exact) mass is 448 g/mol. The summed E-state index contributed by atoms with van der Waals surface area (Å²) in [5.41, 5.74) is 1.28. The molecule has 0 bridgehead atoms. The van der Waals surface area contributed by atoms with E-state index in [0.29, 0.717) is 24.5 Å². The molecule has 0 aliphatic rings. The molecule has 0 fully saturated rings. The fourth-order valence-electron chi connectivity index (χ4n) is 3.43. The highest BCUT2D eigenvalue weighted by molar-refractivity contribution is 7.09. The molecule has 0 unspecified atom stereocenters.